The van der Waals surface area contributed by atoms with Crippen LogP contribution in [-0.2, 0) is 4.79 Å². The molecular formula is C16H12ClFN2O2S. The van der Waals surface area contributed by atoms with Gasteiger partial charge in [-0.2, -0.15) is 0 Å². The molecule has 0 radical (unpaired) electrons. The lowest BCUT2D eigenvalue weighted by atomic mass is 10.3. The summed E-state index contributed by atoms with van der Waals surface area (Å²) in [7, 11) is 0. The number of oxazole rings is 1. The van der Waals surface area contributed by atoms with Crippen LogP contribution in [0.15, 0.2) is 52.1 Å². The van der Waals surface area contributed by atoms with Gasteiger partial charge in [-0.1, -0.05) is 35.5 Å². The molecule has 7 heteroatoms. The first-order valence-corrected chi connectivity index (χ1v) is 8.07. The zero-order chi connectivity index (χ0) is 16.4. The average Bonchev–Trinajstić information content (AvgIpc) is 2.92. The molecule has 118 valence electrons. The van der Waals surface area contributed by atoms with Crippen molar-refractivity contribution in [1.29, 1.82) is 0 Å². The summed E-state index contributed by atoms with van der Waals surface area (Å²) in [5.41, 5.74) is 1.77. The molecule has 0 saturated carbocycles. The molecule has 23 heavy (non-hydrogen) atoms. The van der Waals surface area contributed by atoms with Crippen LogP contribution in [-0.4, -0.2) is 16.1 Å². The van der Waals surface area contributed by atoms with E-state index in [1.807, 2.05) is 24.3 Å². The molecular weight excluding hydrogens is 339 g/mol. The molecule has 1 amide bonds. The number of nitrogens with zero attached hydrogens (tertiary/aromatic N) is 1. The lowest BCUT2D eigenvalue weighted by Gasteiger charge is -2.11. The van der Waals surface area contributed by atoms with Crippen molar-refractivity contribution in [3.8, 4) is 0 Å². The number of para-hydroxylation sites is 2. The van der Waals surface area contributed by atoms with Crippen LogP contribution in [0.1, 0.15) is 6.92 Å². The maximum atomic E-state index is 13.0. The predicted octanol–water partition coefficient (Wildman–Crippen LogP) is 4.74. The Labute approximate surface area is 141 Å². The number of nitrogens with one attached hydrogen (secondary N) is 1. The fraction of sp³-hybridized carbons (Fsp3) is 0.125. The number of carbonyl (C=O) groups excluding carboxylic acids is 1. The van der Waals surface area contributed by atoms with Crippen molar-refractivity contribution in [3.05, 3.63) is 53.3 Å². The van der Waals surface area contributed by atoms with Gasteiger partial charge in [-0.3, -0.25) is 4.79 Å². The molecule has 1 heterocycles. The first-order chi connectivity index (χ1) is 11.0. The number of rotatable bonds is 4. The van der Waals surface area contributed by atoms with Crippen LogP contribution in [0.3, 0.4) is 0 Å². The number of anilines is 1. The number of fused-ring (bicyclic) bond motifs is 1. The van der Waals surface area contributed by atoms with E-state index in [9.17, 15) is 9.18 Å². The normalized spacial score (nSPS) is 12.3. The second kappa shape index (κ2) is 6.60. The fourth-order valence-corrected chi connectivity index (χ4v) is 2.90. The summed E-state index contributed by atoms with van der Waals surface area (Å²) in [5.74, 6) is -0.729. The topological polar surface area (TPSA) is 55.1 Å². The first-order valence-electron chi connectivity index (χ1n) is 6.81. The Morgan fingerprint density at radius 3 is 2.87 bits per heavy atom. The Hall–Kier alpha value is -2.05. The van der Waals surface area contributed by atoms with E-state index in [-0.39, 0.29) is 10.9 Å². The Morgan fingerprint density at radius 2 is 2.13 bits per heavy atom. The van der Waals surface area contributed by atoms with Gasteiger partial charge >= 0.3 is 0 Å². The number of hydrogen-bond acceptors (Lipinski definition) is 4. The Kier molecular flexibility index (Phi) is 4.54. The van der Waals surface area contributed by atoms with Crippen molar-refractivity contribution in [2.45, 2.75) is 17.4 Å². The average molecular weight is 351 g/mol. The molecule has 0 saturated heterocycles. The van der Waals surface area contributed by atoms with Crippen LogP contribution in [0.25, 0.3) is 11.1 Å². The summed E-state index contributed by atoms with van der Waals surface area (Å²) in [4.78, 5) is 16.5. The van der Waals surface area contributed by atoms with Gasteiger partial charge in [0.1, 0.15) is 11.3 Å². The maximum Gasteiger partial charge on any atom is 0.257 e. The van der Waals surface area contributed by atoms with Crippen molar-refractivity contribution >= 4 is 46.1 Å². The third-order valence-electron chi connectivity index (χ3n) is 3.11. The molecule has 0 unspecified atom stereocenters. The van der Waals surface area contributed by atoms with E-state index < -0.39 is 11.1 Å². The van der Waals surface area contributed by atoms with Crippen molar-refractivity contribution in [2.24, 2.45) is 0 Å². The minimum atomic E-state index is -0.457. The molecule has 4 nitrogen and oxygen atoms in total. The first kappa shape index (κ1) is 15.8. The summed E-state index contributed by atoms with van der Waals surface area (Å²) in [6, 6.07) is 11.2. The lowest BCUT2D eigenvalue weighted by molar-refractivity contribution is -0.115. The molecule has 3 rings (SSSR count). The second-order valence-corrected chi connectivity index (χ2v) is 6.52. The van der Waals surface area contributed by atoms with Gasteiger partial charge in [-0.05, 0) is 37.3 Å². The van der Waals surface area contributed by atoms with E-state index in [2.05, 4.69) is 10.3 Å². The number of carbonyl (C=O) groups is 1. The van der Waals surface area contributed by atoms with Crippen molar-refractivity contribution < 1.29 is 13.6 Å². The largest absolute Gasteiger partial charge is 0.431 e. The van der Waals surface area contributed by atoms with E-state index in [4.69, 9.17) is 16.0 Å². The minimum absolute atomic E-state index is 0.150. The number of hydrogen-bond donors (Lipinski definition) is 1. The minimum Gasteiger partial charge on any atom is -0.431 e. The van der Waals surface area contributed by atoms with Crippen LogP contribution < -0.4 is 5.32 Å². The number of halogens is 2. The van der Waals surface area contributed by atoms with E-state index in [1.54, 1.807) is 6.92 Å². The summed E-state index contributed by atoms with van der Waals surface area (Å²) in [6.45, 7) is 1.73. The smallest absolute Gasteiger partial charge is 0.257 e. The van der Waals surface area contributed by atoms with Gasteiger partial charge in [0.15, 0.2) is 5.58 Å². The van der Waals surface area contributed by atoms with Gasteiger partial charge in [-0.15, -0.1) is 0 Å². The van der Waals surface area contributed by atoms with E-state index >= 15 is 0 Å². The monoisotopic (exact) mass is 350 g/mol. The molecule has 2 aromatic carbocycles. The van der Waals surface area contributed by atoms with Gasteiger partial charge in [0.25, 0.3) is 5.22 Å². The molecule has 0 fully saturated rings. The molecule has 0 aliphatic heterocycles. The lowest BCUT2D eigenvalue weighted by Crippen LogP contribution is -2.22. The third-order valence-corrected chi connectivity index (χ3v) is 4.37. The van der Waals surface area contributed by atoms with Crippen LogP contribution >= 0.6 is 23.4 Å². The number of thioether (sulfide) groups is 1. The summed E-state index contributed by atoms with van der Waals surface area (Å²) < 4.78 is 18.6. The SMILES string of the molecule is C[C@H](Sc1nc2ccccc2o1)C(=O)Nc1ccc(F)cc1Cl. The van der Waals surface area contributed by atoms with Gasteiger partial charge < -0.3 is 9.73 Å². The molecule has 3 aromatic rings. The summed E-state index contributed by atoms with van der Waals surface area (Å²) >= 11 is 7.10. The molecule has 0 aliphatic rings. The van der Waals surface area contributed by atoms with Gasteiger partial charge in [0.2, 0.25) is 5.91 Å². The number of benzene rings is 2. The highest BCUT2D eigenvalue weighted by molar-refractivity contribution is 8.00. The van der Waals surface area contributed by atoms with Crippen LogP contribution in [0.4, 0.5) is 10.1 Å². The van der Waals surface area contributed by atoms with Gasteiger partial charge in [0.05, 0.1) is 16.0 Å². The maximum absolute atomic E-state index is 13.0. The van der Waals surface area contributed by atoms with Gasteiger partial charge in [0, 0.05) is 0 Å². The number of aromatic nitrogens is 1. The summed E-state index contributed by atoms with van der Waals surface area (Å²) in [6.07, 6.45) is 0. The molecule has 1 atom stereocenters. The van der Waals surface area contributed by atoms with E-state index in [0.29, 0.717) is 16.5 Å². The van der Waals surface area contributed by atoms with E-state index in [0.717, 1.165) is 11.6 Å². The second-order valence-electron chi connectivity index (χ2n) is 4.82. The Bertz CT molecular complexity index is 835. The van der Waals surface area contributed by atoms with Gasteiger partial charge in [-0.25, -0.2) is 9.37 Å². The highest BCUT2D eigenvalue weighted by Gasteiger charge is 2.19. The van der Waals surface area contributed by atoms with Crippen molar-refractivity contribution in [3.63, 3.8) is 0 Å². The Balaban J connectivity index is 1.69. The summed E-state index contributed by atoms with van der Waals surface area (Å²) in [5, 5.41) is 2.78. The molecule has 1 N–H and O–H groups in total. The molecule has 0 bridgehead atoms. The molecule has 0 aliphatic carbocycles. The standard InChI is InChI=1S/C16H12ClFN2O2S/c1-9(15(21)19-12-7-6-10(18)8-11(12)17)23-16-20-13-4-2-3-5-14(13)22-16/h2-9H,1H3,(H,19,21)/t9-/m0/s1. The zero-order valence-corrected chi connectivity index (χ0v) is 13.6. The zero-order valence-electron chi connectivity index (χ0n) is 12.0. The van der Waals surface area contributed by atoms with Crippen LogP contribution in [0.5, 0.6) is 0 Å². The third kappa shape index (κ3) is 3.65. The molecule has 0 spiro atoms. The quantitative estimate of drug-likeness (QED) is 0.690. The Morgan fingerprint density at radius 1 is 1.35 bits per heavy atom. The highest BCUT2D eigenvalue weighted by Crippen LogP contribution is 2.28. The van der Waals surface area contributed by atoms with Crippen LogP contribution in [0, 0.1) is 5.82 Å². The van der Waals surface area contributed by atoms with Crippen LogP contribution in [0.2, 0.25) is 5.02 Å². The number of amides is 1. The molecule has 1 aromatic heterocycles. The van der Waals surface area contributed by atoms with Crippen molar-refractivity contribution in [2.75, 3.05) is 5.32 Å². The van der Waals surface area contributed by atoms with E-state index in [1.165, 1.54) is 23.9 Å². The van der Waals surface area contributed by atoms with Crippen molar-refractivity contribution in [1.82, 2.24) is 4.98 Å². The highest BCUT2D eigenvalue weighted by atomic mass is 35.5. The predicted molar refractivity (Wildman–Crippen MR) is 89.4 cm³/mol. The fourth-order valence-electron chi connectivity index (χ4n) is 1.93.